The van der Waals surface area contributed by atoms with Crippen LogP contribution in [0.15, 0.2) is 18.2 Å². The van der Waals surface area contributed by atoms with Gasteiger partial charge in [-0.1, -0.05) is 0 Å². The number of ketones is 1. The number of aryl methyl sites for hydroxylation is 1. The molecule has 1 heterocycles. The first-order chi connectivity index (χ1) is 11.0. The topological polar surface area (TPSA) is 58.6 Å². The minimum Gasteiger partial charge on any atom is -0.496 e. The van der Waals surface area contributed by atoms with Crippen molar-refractivity contribution in [1.29, 1.82) is 0 Å². The number of nitrogens with one attached hydrogen (secondary N) is 1. The molecule has 23 heavy (non-hydrogen) atoms. The zero-order valence-electron chi connectivity index (χ0n) is 14.2. The molecule has 126 valence electrons. The van der Waals surface area contributed by atoms with Crippen LogP contribution in [-0.4, -0.2) is 49.9 Å². The molecule has 0 spiro atoms. The van der Waals surface area contributed by atoms with E-state index in [-0.39, 0.29) is 30.6 Å². The summed E-state index contributed by atoms with van der Waals surface area (Å²) in [6, 6.07) is 5.57. The fourth-order valence-electron chi connectivity index (χ4n) is 3.01. The van der Waals surface area contributed by atoms with Crippen molar-refractivity contribution in [3.05, 3.63) is 29.3 Å². The van der Waals surface area contributed by atoms with Crippen molar-refractivity contribution in [3.8, 4) is 5.75 Å². The monoisotopic (exact) mass is 318 g/mol. The summed E-state index contributed by atoms with van der Waals surface area (Å²) in [5.41, 5.74) is 1.56. The Bertz CT molecular complexity index is 571. The lowest BCUT2D eigenvalue weighted by atomic mass is 10.0. The van der Waals surface area contributed by atoms with E-state index in [0.29, 0.717) is 5.56 Å². The van der Waals surface area contributed by atoms with Gasteiger partial charge in [-0.25, -0.2) is 0 Å². The van der Waals surface area contributed by atoms with Gasteiger partial charge in [0.05, 0.1) is 7.11 Å². The Morgan fingerprint density at radius 3 is 2.78 bits per heavy atom. The first-order valence-electron chi connectivity index (χ1n) is 8.15. The number of ether oxygens (including phenoxy) is 1. The SMILES string of the molecule is COc1ccc(C(=O)CCC(=O)NC2CCCN(C)C2)cc1C. The predicted octanol–water partition coefficient (Wildman–Crippen LogP) is 2.18. The summed E-state index contributed by atoms with van der Waals surface area (Å²) in [5.74, 6) is 0.719. The van der Waals surface area contributed by atoms with Crippen molar-refractivity contribution >= 4 is 11.7 Å². The molecule has 1 aromatic carbocycles. The van der Waals surface area contributed by atoms with Crippen LogP contribution in [0.3, 0.4) is 0 Å². The molecule has 0 aromatic heterocycles. The highest BCUT2D eigenvalue weighted by molar-refractivity contribution is 5.98. The molecule has 1 N–H and O–H groups in total. The Labute approximate surface area is 138 Å². The maximum Gasteiger partial charge on any atom is 0.220 e. The van der Waals surface area contributed by atoms with Gasteiger partial charge in [0.15, 0.2) is 5.78 Å². The van der Waals surface area contributed by atoms with Crippen LogP contribution in [0.5, 0.6) is 5.75 Å². The van der Waals surface area contributed by atoms with Crippen LogP contribution in [0.1, 0.15) is 41.6 Å². The van der Waals surface area contributed by atoms with E-state index in [4.69, 9.17) is 4.74 Å². The number of hydrogen-bond acceptors (Lipinski definition) is 4. The third-order valence-corrected chi connectivity index (χ3v) is 4.29. The van der Waals surface area contributed by atoms with Gasteiger partial charge in [-0.15, -0.1) is 0 Å². The summed E-state index contributed by atoms with van der Waals surface area (Å²) in [6.07, 6.45) is 2.59. The number of benzene rings is 1. The molecule has 1 saturated heterocycles. The number of rotatable bonds is 6. The number of nitrogens with zero attached hydrogens (tertiary/aromatic N) is 1. The molecule has 2 rings (SSSR count). The molecule has 5 heteroatoms. The predicted molar refractivity (Wildman–Crippen MR) is 90.0 cm³/mol. The Hall–Kier alpha value is -1.88. The minimum atomic E-state index is -0.0381. The van der Waals surface area contributed by atoms with E-state index in [1.165, 1.54) is 0 Å². The molecule has 1 aliphatic heterocycles. The standard InChI is InChI=1S/C18H26N2O3/c1-13-11-14(6-8-17(13)23-3)16(21)7-9-18(22)19-15-5-4-10-20(2)12-15/h6,8,11,15H,4-5,7,9-10,12H2,1-3H3,(H,19,22). The van der Waals surface area contributed by atoms with Crippen molar-refractivity contribution in [3.63, 3.8) is 0 Å². The number of piperidine rings is 1. The smallest absolute Gasteiger partial charge is 0.220 e. The summed E-state index contributed by atoms with van der Waals surface area (Å²) in [6.45, 7) is 3.88. The number of Topliss-reactive ketones (excluding diaryl/α,β-unsaturated/α-hetero) is 1. The number of likely N-dealkylation sites (tertiary alicyclic amines) is 1. The second kappa shape index (κ2) is 8.11. The highest BCUT2D eigenvalue weighted by Gasteiger charge is 2.19. The number of carbonyl (C=O) groups excluding carboxylic acids is 2. The van der Waals surface area contributed by atoms with Gasteiger partial charge < -0.3 is 15.0 Å². The van der Waals surface area contributed by atoms with Crippen molar-refractivity contribution in [2.75, 3.05) is 27.2 Å². The van der Waals surface area contributed by atoms with Crippen LogP contribution < -0.4 is 10.1 Å². The quantitative estimate of drug-likeness (QED) is 0.817. The highest BCUT2D eigenvalue weighted by atomic mass is 16.5. The minimum absolute atomic E-state index is 0.00772. The molecule has 0 radical (unpaired) electrons. The van der Waals surface area contributed by atoms with Gasteiger partial charge in [0.1, 0.15) is 5.75 Å². The van der Waals surface area contributed by atoms with Crippen molar-refractivity contribution in [2.24, 2.45) is 0 Å². The van der Waals surface area contributed by atoms with Gasteiger partial charge in [0.25, 0.3) is 0 Å². The van der Waals surface area contributed by atoms with E-state index >= 15 is 0 Å². The van der Waals surface area contributed by atoms with Crippen LogP contribution in [0.4, 0.5) is 0 Å². The molecule has 1 atom stereocenters. The first kappa shape index (κ1) is 17.5. The number of hydrogen-bond donors (Lipinski definition) is 1. The van der Waals surface area contributed by atoms with Gasteiger partial charge in [0.2, 0.25) is 5.91 Å². The second-order valence-corrected chi connectivity index (χ2v) is 6.28. The van der Waals surface area contributed by atoms with Gasteiger partial charge in [-0.05, 0) is 57.1 Å². The molecular formula is C18H26N2O3. The summed E-state index contributed by atoms with van der Waals surface area (Å²) in [7, 11) is 3.67. The number of likely N-dealkylation sites (N-methyl/N-ethyl adjacent to an activating group) is 1. The average Bonchev–Trinajstić information content (AvgIpc) is 2.52. The van der Waals surface area contributed by atoms with Gasteiger partial charge >= 0.3 is 0 Å². The number of carbonyl (C=O) groups is 2. The molecular weight excluding hydrogens is 292 g/mol. The summed E-state index contributed by atoms with van der Waals surface area (Å²) in [4.78, 5) is 26.5. The van der Waals surface area contributed by atoms with Gasteiger partial charge in [0, 0.05) is 31.0 Å². The molecule has 1 aliphatic rings. The van der Waals surface area contributed by atoms with E-state index in [2.05, 4.69) is 17.3 Å². The average molecular weight is 318 g/mol. The van der Waals surface area contributed by atoms with Crippen LogP contribution >= 0.6 is 0 Å². The van der Waals surface area contributed by atoms with Crippen molar-refractivity contribution in [1.82, 2.24) is 10.2 Å². The third-order valence-electron chi connectivity index (χ3n) is 4.29. The lowest BCUT2D eigenvalue weighted by Gasteiger charge is -2.30. The third kappa shape index (κ3) is 5.06. The maximum absolute atomic E-state index is 12.2. The van der Waals surface area contributed by atoms with E-state index in [1.54, 1.807) is 19.2 Å². The molecule has 1 aromatic rings. The summed E-state index contributed by atoms with van der Waals surface area (Å²) in [5, 5.41) is 3.03. The second-order valence-electron chi connectivity index (χ2n) is 6.28. The molecule has 1 amide bonds. The van der Waals surface area contributed by atoms with Crippen molar-refractivity contribution in [2.45, 2.75) is 38.6 Å². The largest absolute Gasteiger partial charge is 0.496 e. The molecule has 1 unspecified atom stereocenters. The zero-order chi connectivity index (χ0) is 16.8. The van der Waals surface area contributed by atoms with Crippen LogP contribution in [0, 0.1) is 6.92 Å². The highest BCUT2D eigenvalue weighted by Crippen LogP contribution is 2.19. The lowest BCUT2D eigenvalue weighted by Crippen LogP contribution is -2.46. The zero-order valence-corrected chi connectivity index (χ0v) is 14.2. The fraction of sp³-hybridized carbons (Fsp3) is 0.556. The lowest BCUT2D eigenvalue weighted by molar-refractivity contribution is -0.122. The molecule has 5 nitrogen and oxygen atoms in total. The molecule has 0 aliphatic carbocycles. The van der Waals surface area contributed by atoms with Crippen LogP contribution in [-0.2, 0) is 4.79 Å². The van der Waals surface area contributed by atoms with Crippen LogP contribution in [0.2, 0.25) is 0 Å². The van der Waals surface area contributed by atoms with Crippen LogP contribution in [0.25, 0.3) is 0 Å². The summed E-state index contributed by atoms with van der Waals surface area (Å²) >= 11 is 0. The van der Waals surface area contributed by atoms with Gasteiger partial charge in [-0.3, -0.25) is 9.59 Å². The van der Waals surface area contributed by atoms with E-state index in [0.717, 1.165) is 37.2 Å². The van der Waals surface area contributed by atoms with Crippen molar-refractivity contribution < 1.29 is 14.3 Å². The Morgan fingerprint density at radius 2 is 2.13 bits per heavy atom. The van der Waals surface area contributed by atoms with E-state index in [1.807, 2.05) is 13.0 Å². The fourth-order valence-corrected chi connectivity index (χ4v) is 3.01. The Balaban J connectivity index is 1.81. The number of amides is 1. The number of methoxy groups -OCH3 is 1. The molecule has 0 bridgehead atoms. The Kier molecular flexibility index (Phi) is 6.16. The summed E-state index contributed by atoms with van der Waals surface area (Å²) < 4.78 is 5.19. The van der Waals surface area contributed by atoms with E-state index in [9.17, 15) is 9.59 Å². The maximum atomic E-state index is 12.2. The molecule has 0 saturated carbocycles. The van der Waals surface area contributed by atoms with Gasteiger partial charge in [-0.2, -0.15) is 0 Å². The Morgan fingerprint density at radius 1 is 1.35 bits per heavy atom. The van der Waals surface area contributed by atoms with E-state index < -0.39 is 0 Å². The normalized spacial score (nSPS) is 18.5. The first-order valence-corrected chi connectivity index (χ1v) is 8.15. The molecule has 1 fully saturated rings.